The standard InChI is InChI=1S/C31H39N7O4S/c1-29(2)19-21-5-3-15-36-16-9-26(34-36)43(40,41)35-28(39)22-6-7-24(32-27(22)37(29)20-21)38-17-8-25(33-38)42-18-10-23-30(11-4-12-30)31(23)13-14-31/h6-9,16-17,21,23H,3-5,10-15,18-20H2,1-2H3,(H,35,39). The number of aromatic nitrogens is 5. The highest BCUT2D eigenvalue weighted by Gasteiger charge is 2.82. The van der Waals surface area contributed by atoms with E-state index in [1.165, 1.54) is 38.2 Å². The first-order valence-electron chi connectivity index (χ1n) is 15.7. The fourth-order valence-electron chi connectivity index (χ4n) is 8.86. The van der Waals surface area contributed by atoms with Crippen molar-refractivity contribution < 1.29 is 17.9 Å². The smallest absolute Gasteiger partial charge is 0.283 e. The van der Waals surface area contributed by atoms with Crippen LogP contribution in [0.2, 0.25) is 0 Å². The molecule has 5 heterocycles. The van der Waals surface area contributed by atoms with Gasteiger partial charge in [0.25, 0.3) is 15.9 Å². The summed E-state index contributed by atoms with van der Waals surface area (Å²) in [4.78, 5) is 20.6. The van der Waals surface area contributed by atoms with Crippen LogP contribution in [-0.4, -0.2) is 57.6 Å². The van der Waals surface area contributed by atoms with E-state index < -0.39 is 15.9 Å². The van der Waals surface area contributed by atoms with Gasteiger partial charge in [0.2, 0.25) is 5.88 Å². The Labute approximate surface area is 252 Å². The maximum absolute atomic E-state index is 13.5. The van der Waals surface area contributed by atoms with Gasteiger partial charge in [0, 0.05) is 37.1 Å². The molecule has 2 unspecified atom stereocenters. The molecule has 2 atom stereocenters. The van der Waals surface area contributed by atoms with Crippen molar-refractivity contribution in [1.82, 2.24) is 29.3 Å². The molecule has 43 heavy (non-hydrogen) atoms. The molecule has 11 nitrogen and oxygen atoms in total. The Morgan fingerprint density at radius 3 is 2.58 bits per heavy atom. The first kappa shape index (κ1) is 27.2. The number of fused-ring (bicyclic) bond motifs is 7. The fourth-order valence-corrected chi connectivity index (χ4v) is 9.77. The highest BCUT2D eigenvalue weighted by molar-refractivity contribution is 7.90. The lowest BCUT2D eigenvalue weighted by Crippen LogP contribution is -2.41. The Bertz CT molecular complexity index is 1700. The van der Waals surface area contributed by atoms with Crippen LogP contribution < -0.4 is 14.4 Å². The first-order valence-corrected chi connectivity index (χ1v) is 17.2. The summed E-state index contributed by atoms with van der Waals surface area (Å²) in [5.41, 5.74) is 1.22. The molecule has 12 heteroatoms. The van der Waals surface area contributed by atoms with Crippen molar-refractivity contribution in [1.29, 1.82) is 0 Å². The lowest BCUT2D eigenvalue weighted by Gasteiger charge is -2.34. The monoisotopic (exact) mass is 605 g/mol. The van der Waals surface area contributed by atoms with Gasteiger partial charge in [-0.1, -0.05) is 6.42 Å². The number of hydrogen-bond acceptors (Lipinski definition) is 8. The SMILES string of the molecule is CC1(C)CC2CCCn3ccc(n3)S(=O)(=O)NC(=O)c3ccc(-n4ccc(OCCC5C6(CCC6)C56CC6)n4)nc3N1C2. The van der Waals surface area contributed by atoms with Crippen LogP contribution in [0.5, 0.6) is 5.88 Å². The second kappa shape index (κ2) is 9.30. The number of sulfonamides is 1. The molecule has 3 saturated carbocycles. The molecular weight excluding hydrogens is 566 g/mol. The molecule has 0 aromatic carbocycles. The van der Waals surface area contributed by atoms with Crippen molar-refractivity contribution in [3.05, 3.63) is 42.2 Å². The maximum atomic E-state index is 13.5. The van der Waals surface area contributed by atoms with Gasteiger partial charge < -0.3 is 9.64 Å². The number of aryl methyl sites for hydroxylation is 1. The van der Waals surface area contributed by atoms with E-state index in [1.54, 1.807) is 27.7 Å². The highest BCUT2D eigenvalue weighted by Crippen LogP contribution is 2.89. The summed E-state index contributed by atoms with van der Waals surface area (Å²) in [6.45, 7) is 6.30. The van der Waals surface area contributed by atoms with Crippen LogP contribution in [0.3, 0.4) is 0 Å². The number of carbonyl (C=O) groups is 1. The Morgan fingerprint density at radius 1 is 1.02 bits per heavy atom. The normalized spacial score (nSPS) is 27.2. The first-order chi connectivity index (χ1) is 20.6. The zero-order chi connectivity index (χ0) is 29.6. The van der Waals surface area contributed by atoms with Gasteiger partial charge in [0.1, 0.15) is 5.82 Å². The van der Waals surface area contributed by atoms with Crippen molar-refractivity contribution in [3.8, 4) is 11.7 Å². The molecular formula is C31H39N7O4S. The van der Waals surface area contributed by atoms with E-state index in [0.717, 1.165) is 38.1 Å². The molecule has 4 bridgehead atoms. The number of pyridine rings is 1. The third kappa shape index (κ3) is 4.30. The lowest BCUT2D eigenvalue weighted by molar-refractivity contribution is 0.0981. The molecule has 3 aromatic heterocycles. The van der Waals surface area contributed by atoms with E-state index in [-0.39, 0.29) is 16.1 Å². The summed E-state index contributed by atoms with van der Waals surface area (Å²) < 4.78 is 37.7. The fraction of sp³-hybridized carbons (Fsp3) is 0.613. The third-order valence-electron chi connectivity index (χ3n) is 11.2. The van der Waals surface area contributed by atoms with Gasteiger partial charge in [-0.2, -0.15) is 13.5 Å². The number of nitrogens with one attached hydrogen (secondary N) is 1. The third-order valence-corrected chi connectivity index (χ3v) is 12.4. The van der Waals surface area contributed by atoms with Gasteiger partial charge >= 0.3 is 0 Å². The van der Waals surface area contributed by atoms with E-state index in [1.807, 2.05) is 12.3 Å². The number of hydrogen-bond donors (Lipinski definition) is 1. The number of nitrogens with zero attached hydrogens (tertiary/aromatic N) is 6. The van der Waals surface area contributed by atoms with E-state index in [2.05, 4.69) is 33.7 Å². The highest BCUT2D eigenvalue weighted by atomic mass is 32.2. The number of rotatable bonds is 5. The Morgan fingerprint density at radius 2 is 1.84 bits per heavy atom. The minimum atomic E-state index is -4.15. The van der Waals surface area contributed by atoms with Gasteiger partial charge in [-0.15, -0.1) is 5.10 Å². The molecule has 3 aromatic rings. The van der Waals surface area contributed by atoms with Crippen molar-refractivity contribution >= 4 is 21.7 Å². The summed E-state index contributed by atoms with van der Waals surface area (Å²) in [7, 11) is -4.15. The zero-order valence-electron chi connectivity index (χ0n) is 24.8. The van der Waals surface area contributed by atoms with E-state index in [9.17, 15) is 13.2 Å². The number of ether oxygens (including phenoxy) is 1. The maximum Gasteiger partial charge on any atom is 0.283 e. The number of anilines is 1. The van der Waals surface area contributed by atoms with E-state index >= 15 is 0 Å². The van der Waals surface area contributed by atoms with Gasteiger partial charge in [-0.3, -0.25) is 9.48 Å². The average Bonchev–Trinajstić information content (AvgIpc) is 3.54. The molecule has 1 saturated heterocycles. The van der Waals surface area contributed by atoms with Crippen LogP contribution in [0.15, 0.2) is 41.7 Å². The van der Waals surface area contributed by atoms with Crippen LogP contribution in [-0.2, 0) is 16.6 Å². The Balaban J connectivity index is 1.06. The Hall–Kier alpha value is -3.41. The molecule has 228 valence electrons. The minimum Gasteiger partial charge on any atom is -0.477 e. The predicted octanol–water partition coefficient (Wildman–Crippen LogP) is 4.33. The minimum absolute atomic E-state index is 0.173. The summed E-state index contributed by atoms with van der Waals surface area (Å²) in [5.74, 6) is 2.04. The zero-order valence-corrected chi connectivity index (χ0v) is 25.6. The van der Waals surface area contributed by atoms with Crippen molar-refractivity contribution in [2.75, 3.05) is 18.1 Å². The van der Waals surface area contributed by atoms with Crippen LogP contribution in [0, 0.1) is 22.7 Å². The molecule has 5 aliphatic rings. The van der Waals surface area contributed by atoms with Gasteiger partial charge in [-0.25, -0.2) is 14.4 Å². The van der Waals surface area contributed by atoms with Crippen LogP contribution >= 0.6 is 0 Å². The summed E-state index contributed by atoms with van der Waals surface area (Å²) in [6, 6.07) is 6.61. The van der Waals surface area contributed by atoms with Gasteiger partial charge in [-0.05, 0) is 106 Å². The van der Waals surface area contributed by atoms with Crippen LogP contribution in [0.1, 0.15) is 82.0 Å². The van der Waals surface area contributed by atoms with E-state index in [4.69, 9.17) is 9.72 Å². The summed E-state index contributed by atoms with van der Waals surface area (Å²) in [5, 5.41) is 8.69. The summed E-state index contributed by atoms with van der Waals surface area (Å²) in [6.07, 6.45) is 14.3. The molecule has 3 aliphatic carbocycles. The molecule has 2 aliphatic heterocycles. The van der Waals surface area contributed by atoms with Crippen molar-refractivity contribution in [3.63, 3.8) is 0 Å². The van der Waals surface area contributed by atoms with Crippen molar-refractivity contribution in [2.24, 2.45) is 22.7 Å². The quantitative estimate of drug-likeness (QED) is 0.456. The van der Waals surface area contributed by atoms with Crippen molar-refractivity contribution in [2.45, 2.75) is 88.7 Å². The molecule has 1 amide bonds. The molecule has 1 N–H and O–H groups in total. The second-order valence-electron chi connectivity index (χ2n) is 14.0. The lowest BCUT2D eigenvalue weighted by atomic mass is 9.77. The Kier molecular flexibility index (Phi) is 5.87. The molecule has 0 radical (unpaired) electrons. The summed E-state index contributed by atoms with van der Waals surface area (Å²) >= 11 is 0. The predicted molar refractivity (Wildman–Crippen MR) is 159 cm³/mol. The van der Waals surface area contributed by atoms with E-state index in [0.29, 0.717) is 47.4 Å². The average molecular weight is 606 g/mol. The molecule has 2 spiro atoms. The van der Waals surface area contributed by atoms with Crippen LogP contribution in [0.4, 0.5) is 5.82 Å². The number of amides is 1. The van der Waals surface area contributed by atoms with Gasteiger partial charge in [0.15, 0.2) is 10.8 Å². The topological polar surface area (TPSA) is 124 Å². The largest absolute Gasteiger partial charge is 0.477 e. The molecule has 8 rings (SSSR count). The molecule has 4 fully saturated rings. The van der Waals surface area contributed by atoms with Crippen LogP contribution in [0.25, 0.3) is 5.82 Å². The second-order valence-corrected chi connectivity index (χ2v) is 15.6. The number of carbonyl (C=O) groups excluding carboxylic acids is 1. The van der Waals surface area contributed by atoms with Gasteiger partial charge in [0.05, 0.1) is 12.2 Å².